The van der Waals surface area contributed by atoms with Crippen molar-refractivity contribution < 1.29 is 0 Å². The van der Waals surface area contributed by atoms with Gasteiger partial charge in [-0.25, -0.2) is 0 Å². The van der Waals surface area contributed by atoms with Crippen LogP contribution in [0.15, 0.2) is 42.5 Å². The van der Waals surface area contributed by atoms with E-state index in [1.807, 2.05) is 36.4 Å². The van der Waals surface area contributed by atoms with Crippen LogP contribution in [0.2, 0.25) is 0 Å². The van der Waals surface area contributed by atoms with Crippen molar-refractivity contribution >= 4 is 0 Å². The molecule has 0 nitrogen and oxygen atoms in total. The lowest BCUT2D eigenvalue weighted by atomic mass is 10.2. The summed E-state index contributed by atoms with van der Waals surface area (Å²) < 4.78 is 0. The summed E-state index contributed by atoms with van der Waals surface area (Å²) in [5.74, 6) is 12.1. The lowest BCUT2D eigenvalue weighted by Crippen LogP contribution is -1.69. The Bertz CT molecular complexity index is 430. The van der Waals surface area contributed by atoms with Gasteiger partial charge in [-0.05, 0) is 30.7 Å². The Balaban J connectivity index is 2.36. The van der Waals surface area contributed by atoms with Crippen LogP contribution in [0, 0.1) is 23.7 Å². The Labute approximate surface area is 98.4 Å². The molecule has 0 aliphatic heterocycles. The fourth-order valence-electron chi connectivity index (χ4n) is 1.13. The zero-order valence-corrected chi connectivity index (χ0v) is 9.66. The molecule has 80 valence electrons. The Hall–Kier alpha value is -1.92. The third-order valence-corrected chi connectivity index (χ3v) is 2.00. The average molecular weight is 208 g/mol. The van der Waals surface area contributed by atoms with E-state index in [1.54, 1.807) is 6.08 Å². The van der Waals surface area contributed by atoms with Gasteiger partial charge in [0.05, 0.1) is 0 Å². The van der Waals surface area contributed by atoms with Crippen LogP contribution < -0.4 is 0 Å². The van der Waals surface area contributed by atoms with Crippen LogP contribution in [0.25, 0.3) is 0 Å². The summed E-state index contributed by atoms with van der Waals surface area (Å²) in [6, 6.07) is 9.94. The van der Waals surface area contributed by atoms with E-state index in [4.69, 9.17) is 0 Å². The van der Waals surface area contributed by atoms with E-state index in [2.05, 4.69) is 30.6 Å². The van der Waals surface area contributed by atoms with E-state index < -0.39 is 0 Å². The number of hydrogen-bond acceptors (Lipinski definition) is 0. The molecular weight excluding hydrogens is 192 g/mol. The third kappa shape index (κ3) is 5.74. The molecule has 1 aromatic rings. The highest BCUT2D eigenvalue weighted by Crippen LogP contribution is 1.94. The number of rotatable bonds is 2. The zero-order chi connectivity index (χ0) is 11.5. The van der Waals surface area contributed by atoms with Crippen LogP contribution in [0.5, 0.6) is 0 Å². The molecule has 0 saturated carbocycles. The summed E-state index contributed by atoms with van der Waals surface area (Å²) in [5.41, 5.74) is 1.03. The first kappa shape index (κ1) is 12.2. The molecule has 0 unspecified atom stereocenters. The van der Waals surface area contributed by atoms with Crippen molar-refractivity contribution in [2.24, 2.45) is 0 Å². The van der Waals surface area contributed by atoms with Gasteiger partial charge in [0, 0.05) is 12.0 Å². The maximum atomic E-state index is 3.08. The van der Waals surface area contributed by atoms with E-state index in [0.29, 0.717) is 0 Å². The molecule has 0 heteroatoms. The summed E-state index contributed by atoms with van der Waals surface area (Å²) in [6.45, 7) is 2.17. The second kappa shape index (κ2) is 8.39. The van der Waals surface area contributed by atoms with Crippen molar-refractivity contribution in [2.75, 3.05) is 0 Å². The van der Waals surface area contributed by atoms with Gasteiger partial charge in [-0.2, -0.15) is 0 Å². The minimum absolute atomic E-state index is 0.979. The number of hydrogen-bond donors (Lipinski definition) is 0. The average Bonchev–Trinajstić information content (AvgIpc) is 2.34. The van der Waals surface area contributed by atoms with Gasteiger partial charge >= 0.3 is 0 Å². The van der Waals surface area contributed by atoms with Gasteiger partial charge < -0.3 is 0 Å². The second-order valence-electron chi connectivity index (χ2n) is 3.39. The van der Waals surface area contributed by atoms with Crippen LogP contribution in [-0.4, -0.2) is 0 Å². The molecule has 0 saturated heterocycles. The van der Waals surface area contributed by atoms with Gasteiger partial charge in [0.25, 0.3) is 0 Å². The smallest absolute Gasteiger partial charge is 0.0248 e. The molecule has 16 heavy (non-hydrogen) atoms. The van der Waals surface area contributed by atoms with Gasteiger partial charge in [0.1, 0.15) is 0 Å². The lowest BCUT2D eigenvalue weighted by molar-refractivity contribution is 0.828. The minimum Gasteiger partial charge on any atom is -0.0985 e. The Morgan fingerprint density at radius 2 is 1.81 bits per heavy atom. The molecule has 0 aliphatic carbocycles. The first-order chi connectivity index (χ1) is 7.93. The molecule has 1 rings (SSSR count). The summed E-state index contributed by atoms with van der Waals surface area (Å²) in [4.78, 5) is 0. The quantitative estimate of drug-likeness (QED) is 0.512. The summed E-state index contributed by atoms with van der Waals surface area (Å²) in [7, 11) is 0. The fraction of sp³-hybridized carbons (Fsp3) is 0.250. The predicted octanol–water partition coefficient (Wildman–Crippen LogP) is 3.79. The molecule has 0 spiro atoms. The minimum atomic E-state index is 0.979. The standard InChI is InChI=1S/C16H16/c1-2-3-4-5-6-7-8-10-13-16-14-11-9-12-15-16/h7-9,11-12,14-15H,2-4H2,1H3. The van der Waals surface area contributed by atoms with E-state index >= 15 is 0 Å². The third-order valence-electron chi connectivity index (χ3n) is 2.00. The molecule has 0 heterocycles. The number of unbranched alkanes of at least 4 members (excludes halogenated alkanes) is 2. The van der Waals surface area contributed by atoms with Crippen LogP contribution in [0.4, 0.5) is 0 Å². The van der Waals surface area contributed by atoms with Crippen LogP contribution in [-0.2, 0) is 0 Å². The summed E-state index contributed by atoms with van der Waals surface area (Å²) in [5, 5.41) is 0. The molecule has 0 fully saturated rings. The maximum Gasteiger partial charge on any atom is 0.0248 e. The molecule has 0 aromatic heterocycles. The normalized spacial score (nSPS) is 9.06. The van der Waals surface area contributed by atoms with E-state index in [0.717, 1.165) is 12.0 Å². The number of benzene rings is 1. The monoisotopic (exact) mass is 208 g/mol. The molecule has 1 aromatic carbocycles. The number of allylic oxidation sites excluding steroid dienone is 2. The highest BCUT2D eigenvalue weighted by molar-refractivity contribution is 5.37. The van der Waals surface area contributed by atoms with Crippen LogP contribution in [0.3, 0.4) is 0 Å². The van der Waals surface area contributed by atoms with Crippen molar-refractivity contribution in [1.29, 1.82) is 0 Å². The van der Waals surface area contributed by atoms with Gasteiger partial charge in [-0.1, -0.05) is 55.2 Å². The fourth-order valence-corrected chi connectivity index (χ4v) is 1.13. The zero-order valence-electron chi connectivity index (χ0n) is 9.66. The topological polar surface area (TPSA) is 0 Å². The van der Waals surface area contributed by atoms with Crippen molar-refractivity contribution in [3.63, 3.8) is 0 Å². The molecule has 0 radical (unpaired) electrons. The predicted molar refractivity (Wildman–Crippen MR) is 69.8 cm³/mol. The SMILES string of the molecule is CCCCC#CC=CC#Cc1ccccc1. The van der Waals surface area contributed by atoms with Crippen molar-refractivity contribution in [1.82, 2.24) is 0 Å². The van der Waals surface area contributed by atoms with Gasteiger partial charge in [0.15, 0.2) is 0 Å². The molecule has 0 aliphatic rings. The van der Waals surface area contributed by atoms with E-state index in [1.165, 1.54) is 12.8 Å². The van der Waals surface area contributed by atoms with Gasteiger partial charge in [0.2, 0.25) is 0 Å². The van der Waals surface area contributed by atoms with Crippen LogP contribution >= 0.6 is 0 Å². The Kier molecular flexibility index (Phi) is 6.37. The molecular formula is C16H16. The first-order valence-electron chi connectivity index (χ1n) is 5.63. The Morgan fingerprint density at radius 3 is 2.56 bits per heavy atom. The van der Waals surface area contributed by atoms with Gasteiger partial charge in [-0.15, -0.1) is 0 Å². The van der Waals surface area contributed by atoms with Crippen molar-refractivity contribution in [3.05, 3.63) is 48.0 Å². The van der Waals surface area contributed by atoms with Gasteiger partial charge in [-0.3, -0.25) is 0 Å². The summed E-state index contributed by atoms with van der Waals surface area (Å²) in [6.07, 6.45) is 6.97. The van der Waals surface area contributed by atoms with E-state index in [9.17, 15) is 0 Å². The van der Waals surface area contributed by atoms with E-state index in [-0.39, 0.29) is 0 Å². The molecule has 0 amide bonds. The highest BCUT2D eigenvalue weighted by Gasteiger charge is 1.78. The lowest BCUT2D eigenvalue weighted by Gasteiger charge is -1.84. The first-order valence-corrected chi connectivity index (χ1v) is 5.63. The largest absolute Gasteiger partial charge is 0.0985 e. The molecule has 0 N–H and O–H groups in total. The maximum absolute atomic E-state index is 3.08. The van der Waals surface area contributed by atoms with Crippen molar-refractivity contribution in [2.45, 2.75) is 26.2 Å². The Morgan fingerprint density at radius 1 is 1.06 bits per heavy atom. The van der Waals surface area contributed by atoms with Crippen LogP contribution in [0.1, 0.15) is 31.7 Å². The van der Waals surface area contributed by atoms with Crippen molar-refractivity contribution in [3.8, 4) is 23.7 Å². The highest BCUT2D eigenvalue weighted by atomic mass is 13.8. The molecule has 0 bridgehead atoms. The molecule has 0 atom stereocenters. The summed E-state index contributed by atoms with van der Waals surface area (Å²) >= 11 is 0. The second-order valence-corrected chi connectivity index (χ2v) is 3.39.